The third-order valence-electron chi connectivity index (χ3n) is 10.6. The molecule has 7 nitrogen and oxygen atoms in total. The van der Waals surface area contributed by atoms with E-state index in [0.29, 0.717) is 17.4 Å². The maximum absolute atomic E-state index is 14.9. The fourth-order valence-electron chi connectivity index (χ4n) is 8.38. The lowest BCUT2D eigenvalue weighted by Gasteiger charge is -2.54. The van der Waals surface area contributed by atoms with E-state index in [-0.39, 0.29) is 29.3 Å². The number of rotatable bonds is 9. The van der Waals surface area contributed by atoms with E-state index in [9.17, 15) is 9.18 Å². The van der Waals surface area contributed by atoms with Gasteiger partial charge in [-0.3, -0.25) is 0 Å². The molecule has 0 aromatic heterocycles. The Bertz CT molecular complexity index is 1260. The van der Waals surface area contributed by atoms with Gasteiger partial charge in [0.25, 0.3) is 0 Å². The number of amides is 1. The number of carbonyl (C=O) groups is 1. The SMILES string of the molecule is COC(=O)N[C@H]1CCC[C@@H]1[C@@](CN1CCC1)(c1cccc(F)c1)C1CCN(CC2CN(c3ccc(C#N)cc3)C2)CC1. The number of hydrogen-bond donors (Lipinski definition) is 1. The predicted molar refractivity (Wildman–Crippen MR) is 162 cm³/mol. The van der Waals surface area contributed by atoms with Crippen LogP contribution in [0.25, 0.3) is 0 Å². The third-order valence-corrected chi connectivity index (χ3v) is 10.6. The second kappa shape index (κ2) is 12.6. The lowest BCUT2D eigenvalue weighted by Crippen LogP contribution is -2.60. The van der Waals surface area contributed by atoms with Crippen LogP contribution in [-0.2, 0) is 10.2 Å². The number of ether oxygens (including phenoxy) is 1. The molecule has 3 aliphatic heterocycles. The summed E-state index contributed by atoms with van der Waals surface area (Å²) < 4.78 is 19.9. The first-order chi connectivity index (χ1) is 20.5. The molecule has 3 heterocycles. The van der Waals surface area contributed by atoms with Crippen molar-refractivity contribution >= 4 is 11.8 Å². The van der Waals surface area contributed by atoms with Gasteiger partial charge in [-0.25, -0.2) is 9.18 Å². The van der Waals surface area contributed by atoms with E-state index in [2.05, 4.69) is 44.3 Å². The van der Waals surface area contributed by atoms with E-state index in [1.807, 2.05) is 18.2 Å². The summed E-state index contributed by atoms with van der Waals surface area (Å²) in [6.45, 7) is 8.42. The first kappa shape index (κ1) is 28.9. The number of nitrogens with zero attached hydrogens (tertiary/aromatic N) is 4. The molecule has 3 atom stereocenters. The largest absolute Gasteiger partial charge is 0.453 e. The number of alkyl carbamates (subject to hydrolysis) is 1. The number of anilines is 1. The molecule has 0 radical (unpaired) electrons. The Balaban J connectivity index is 1.17. The highest BCUT2D eigenvalue weighted by molar-refractivity contribution is 5.67. The zero-order valence-corrected chi connectivity index (χ0v) is 24.8. The average Bonchev–Trinajstić information content (AvgIpc) is 3.43. The molecule has 0 unspecified atom stereocenters. The zero-order chi connectivity index (χ0) is 29.1. The van der Waals surface area contributed by atoms with E-state index in [4.69, 9.17) is 10.00 Å². The molecule has 2 aromatic rings. The molecule has 0 bridgehead atoms. The molecular weight excluding hydrogens is 529 g/mol. The Morgan fingerprint density at radius 2 is 1.79 bits per heavy atom. The maximum Gasteiger partial charge on any atom is 0.407 e. The lowest BCUT2D eigenvalue weighted by molar-refractivity contribution is 0.0223. The number of nitrogens with one attached hydrogen (secondary N) is 1. The Kier molecular flexibility index (Phi) is 8.69. The van der Waals surface area contributed by atoms with Crippen LogP contribution in [0.4, 0.5) is 14.9 Å². The van der Waals surface area contributed by atoms with Gasteiger partial charge in [0, 0.05) is 49.2 Å². The van der Waals surface area contributed by atoms with Crippen molar-refractivity contribution in [1.82, 2.24) is 15.1 Å². The number of benzene rings is 2. The number of halogens is 1. The van der Waals surface area contributed by atoms with Crippen LogP contribution in [-0.4, -0.2) is 81.4 Å². The van der Waals surface area contributed by atoms with Crippen molar-refractivity contribution in [3.63, 3.8) is 0 Å². The van der Waals surface area contributed by atoms with Gasteiger partial charge < -0.3 is 24.8 Å². The number of hydrogen-bond acceptors (Lipinski definition) is 6. The molecule has 8 heteroatoms. The summed E-state index contributed by atoms with van der Waals surface area (Å²) in [6.07, 6.45) is 6.05. The molecule has 224 valence electrons. The molecule has 3 saturated heterocycles. The Morgan fingerprint density at radius 1 is 1.02 bits per heavy atom. The van der Waals surface area contributed by atoms with E-state index in [0.717, 1.165) is 90.0 Å². The highest BCUT2D eigenvalue weighted by Crippen LogP contribution is 2.51. The molecule has 0 spiro atoms. The monoisotopic (exact) mass is 573 g/mol. The number of likely N-dealkylation sites (tertiary alicyclic amines) is 2. The molecule has 1 amide bonds. The summed E-state index contributed by atoms with van der Waals surface area (Å²) in [5.74, 6) is 1.13. The van der Waals surface area contributed by atoms with Gasteiger partial charge in [0.1, 0.15) is 5.82 Å². The minimum Gasteiger partial charge on any atom is -0.453 e. The molecule has 1 saturated carbocycles. The number of nitriles is 1. The van der Waals surface area contributed by atoms with Gasteiger partial charge in [-0.1, -0.05) is 18.6 Å². The summed E-state index contributed by atoms with van der Waals surface area (Å²) in [4.78, 5) is 20.0. The van der Waals surface area contributed by atoms with Gasteiger partial charge in [0.05, 0.1) is 18.7 Å². The van der Waals surface area contributed by atoms with Gasteiger partial charge in [0.15, 0.2) is 0 Å². The fraction of sp³-hybridized carbons (Fsp3) is 0.588. The second-order valence-corrected chi connectivity index (χ2v) is 13.0. The van der Waals surface area contributed by atoms with E-state index in [1.54, 1.807) is 12.1 Å². The Hall–Kier alpha value is -3.15. The topological polar surface area (TPSA) is 71.8 Å². The van der Waals surface area contributed by atoms with Crippen molar-refractivity contribution in [1.29, 1.82) is 5.26 Å². The van der Waals surface area contributed by atoms with Gasteiger partial charge in [-0.15, -0.1) is 0 Å². The summed E-state index contributed by atoms with van der Waals surface area (Å²) >= 11 is 0. The van der Waals surface area contributed by atoms with Gasteiger partial charge >= 0.3 is 6.09 Å². The highest BCUT2D eigenvalue weighted by Gasteiger charge is 2.53. The number of methoxy groups -OCH3 is 1. The summed E-state index contributed by atoms with van der Waals surface area (Å²) in [6, 6.07) is 17.5. The average molecular weight is 574 g/mol. The smallest absolute Gasteiger partial charge is 0.407 e. The van der Waals surface area contributed by atoms with Crippen LogP contribution in [0.5, 0.6) is 0 Å². The molecule has 2 aromatic carbocycles. The van der Waals surface area contributed by atoms with Crippen molar-refractivity contribution in [2.24, 2.45) is 17.8 Å². The van der Waals surface area contributed by atoms with Crippen molar-refractivity contribution in [2.75, 3.05) is 64.4 Å². The lowest BCUT2D eigenvalue weighted by atomic mass is 9.57. The van der Waals surface area contributed by atoms with Crippen molar-refractivity contribution < 1.29 is 13.9 Å². The first-order valence-corrected chi connectivity index (χ1v) is 15.8. The summed E-state index contributed by atoms with van der Waals surface area (Å²) in [5.41, 5.74) is 2.78. The summed E-state index contributed by atoms with van der Waals surface area (Å²) in [7, 11) is 1.43. The van der Waals surface area contributed by atoms with Gasteiger partial charge in [0.2, 0.25) is 0 Å². The molecule has 1 aliphatic carbocycles. The van der Waals surface area contributed by atoms with Crippen LogP contribution in [0, 0.1) is 34.9 Å². The molecule has 4 aliphatic rings. The maximum atomic E-state index is 14.9. The third kappa shape index (κ3) is 5.87. The van der Waals surface area contributed by atoms with E-state index in [1.165, 1.54) is 19.2 Å². The highest BCUT2D eigenvalue weighted by atomic mass is 19.1. The molecule has 4 fully saturated rings. The Morgan fingerprint density at radius 3 is 2.43 bits per heavy atom. The van der Waals surface area contributed by atoms with Crippen LogP contribution < -0.4 is 10.2 Å². The Labute approximate surface area is 249 Å². The summed E-state index contributed by atoms with van der Waals surface area (Å²) in [5, 5.41) is 12.3. The minimum atomic E-state index is -0.366. The van der Waals surface area contributed by atoms with Crippen molar-refractivity contribution in [3.05, 3.63) is 65.5 Å². The van der Waals surface area contributed by atoms with Crippen molar-refractivity contribution in [3.8, 4) is 6.07 Å². The molecule has 42 heavy (non-hydrogen) atoms. The molecule has 1 N–H and O–H groups in total. The van der Waals surface area contributed by atoms with Gasteiger partial charge in [-0.05, 0) is 112 Å². The fourth-order valence-corrected chi connectivity index (χ4v) is 8.38. The normalized spacial score (nSPS) is 25.2. The molecule has 6 rings (SSSR count). The van der Waals surface area contributed by atoms with Crippen LogP contribution in [0.15, 0.2) is 48.5 Å². The van der Waals surface area contributed by atoms with Crippen LogP contribution >= 0.6 is 0 Å². The second-order valence-electron chi connectivity index (χ2n) is 13.0. The van der Waals surface area contributed by atoms with E-state index < -0.39 is 0 Å². The quantitative estimate of drug-likeness (QED) is 0.455. The molecular formula is C34H44FN5O2. The number of piperidine rings is 1. The minimum absolute atomic E-state index is 0.0307. The first-order valence-electron chi connectivity index (χ1n) is 15.8. The van der Waals surface area contributed by atoms with Crippen LogP contribution in [0.3, 0.4) is 0 Å². The van der Waals surface area contributed by atoms with Crippen molar-refractivity contribution in [2.45, 2.75) is 50.0 Å². The standard InChI is InChI=1S/C34H44FN5O2/c1-42-33(41)37-32-8-3-7-31(32)34(24-39-15-4-16-39,28-5-2-6-29(35)19-28)27-13-17-38(18-14-27)21-26-22-40(23-26)30-11-9-25(20-36)10-12-30/h2,5-6,9-12,19,26-27,31-32H,3-4,7-8,13-18,21-24H2,1H3,(H,37,41)/t31-,32-,34+/m0/s1. The zero-order valence-electron chi connectivity index (χ0n) is 24.8. The predicted octanol–water partition coefficient (Wildman–Crippen LogP) is 5.01. The van der Waals surface area contributed by atoms with Crippen LogP contribution in [0.1, 0.15) is 49.7 Å². The van der Waals surface area contributed by atoms with E-state index >= 15 is 0 Å². The van der Waals surface area contributed by atoms with Crippen LogP contribution in [0.2, 0.25) is 0 Å². The van der Waals surface area contributed by atoms with Gasteiger partial charge in [-0.2, -0.15) is 5.26 Å². The number of carbonyl (C=O) groups excluding carboxylic acids is 1.